The van der Waals surface area contributed by atoms with Crippen molar-refractivity contribution in [3.8, 4) is 5.75 Å². The van der Waals surface area contributed by atoms with Crippen molar-refractivity contribution < 1.29 is 29.6 Å². The highest BCUT2D eigenvalue weighted by atomic mass is 16.5. The first-order valence-corrected chi connectivity index (χ1v) is 9.85. The molecule has 0 aliphatic heterocycles. The molecule has 0 radical (unpaired) electrons. The number of carboxylic acids is 2. The Labute approximate surface area is 193 Å². The van der Waals surface area contributed by atoms with Crippen molar-refractivity contribution in [2.75, 3.05) is 30.9 Å². The average Bonchev–Trinajstić information content (AvgIpc) is 2.81. The van der Waals surface area contributed by atoms with Gasteiger partial charge in [0.2, 0.25) is 11.9 Å². The molecule has 0 spiro atoms. The molecule has 0 atom stereocenters. The molecule has 3 rings (SSSR count). The van der Waals surface area contributed by atoms with E-state index in [1.165, 1.54) is 19.2 Å². The number of ether oxygens (including phenoxy) is 1. The number of aromatic carboxylic acids is 2. The van der Waals surface area contributed by atoms with Crippen LogP contribution in [0.25, 0.3) is 0 Å². The maximum Gasteiger partial charge on any atom is 0.335 e. The summed E-state index contributed by atoms with van der Waals surface area (Å²) in [5.74, 6) is -1.17. The fraction of sp³-hybridized carbons (Fsp3) is 0.190. The number of aryl methyl sites for hydroxylation is 1. The van der Waals surface area contributed by atoms with E-state index in [0.717, 1.165) is 6.07 Å². The van der Waals surface area contributed by atoms with Crippen LogP contribution in [0.3, 0.4) is 0 Å². The molecule has 5 N–H and O–H groups in total. The Morgan fingerprint density at radius 3 is 2.26 bits per heavy atom. The first-order valence-electron chi connectivity index (χ1n) is 9.85. The minimum atomic E-state index is -1.28. The first kappa shape index (κ1) is 24.0. The van der Waals surface area contributed by atoms with Gasteiger partial charge in [0.1, 0.15) is 17.3 Å². The zero-order valence-electron chi connectivity index (χ0n) is 18.2. The number of aliphatic hydroxyl groups excluding tert-OH is 1. The average molecular weight is 467 g/mol. The molecule has 0 aliphatic rings. The molecule has 2 aromatic carbocycles. The van der Waals surface area contributed by atoms with E-state index in [9.17, 15) is 19.8 Å². The SMILES string of the molecule is COc1cc(Nc2nc(C)nc(NCCO)n2)ccc1N=Nc1cc(C(=O)O)cc(C(=O)O)c1. The maximum atomic E-state index is 11.3. The quantitative estimate of drug-likeness (QED) is 0.275. The lowest BCUT2D eigenvalue weighted by Crippen LogP contribution is -2.11. The van der Waals surface area contributed by atoms with Gasteiger partial charge in [-0.15, -0.1) is 5.11 Å². The predicted molar refractivity (Wildman–Crippen MR) is 121 cm³/mol. The summed E-state index contributed by atoms with van der Waals surface area (Å²) in [6, 6.07) is 8.37. The minimum absolute atomic E-state index is 0.0603. The lowest BCUT2D eigenvalue weighted by Gasteiger charge is -2.10. The standard InChI is InChI=1S/C21H21N7O6/c1-11-23-20(22-5-6-29)26-21(24-11)25-14-3-4-16(17(10-14)34-2)28-27-15-8-12(18(30)31)7-13(9-15)19(32)33/h3-4,7-10,29H,5-6H2,1-2H3,(H,30,31)(H,32,33)(H2,22,23,24,25,26). The second-order valence-electron chi connectivity index (χ2n) is 6.77. The Morgan fingerprint density at radius 2 is 1.65 bits per heavy atom. The number of carbonyl (C=O) groups is 2. The van der Waals surface area contributed by atoms with Crippen LogP contribution >= 0.6 is 0 Å². The van der Waals surface area contributed by atoms with E-state index in [1.807, 2.05) is 0 Å². The van der Waals surface area contributed by atoms with Gasteiger partial charge in [0.25, 0.3) is 0 Å². The summed E-state index contributed by atoms with van der Waals surface area (Å²) < 4.78 is 5.36. The van der Waals surface area contributed by atoms with Crippen molar-refractivity contribution in [1.82, 2.24) is 15.0 Å². The summed E-state index contributed by atoms with van der Waals surface area (Å²) in [4.78, 5) is 35.1. The van der Waals surface area contributed by atoms with Crippen LogP contribution in [0.15, 0.2) is 46.6 Å². The number of aliphatic hydroxyl groups is 1. The van der Waals surface area contributed by atoms with E-state index < -0.39 is 11.9 Å². The number of anilines is 3. The highest BCUT2D eigenvalue weighted by molar-refractivity contribution is 5.95. The lowest BCUT2D eigenvalue weighted by molar-refractivity contribution is 0.0696. The highest BCUT2D eigenvalue weighted by Crippen LogP contribution is 2.33. The fourth-order valence-electron chi connectivity index (χ4n) is 2.78. The zero-order chi connectivity index (χ0) is 24.7. The number of aromatic nitrogens is 3. The molecule has 3 aromatic rings. The minimum Gasteiger partial charge on any atom is -0.494 e. The van der Waals surface area contributed by atoms with Crippen LogP contribution in [0.5, 0.6) is 5.75 Å². The number of nitrogens with one attached hydrogen (secondary N) is 2. The van der Waals surface area contributed by atoms with Gasteiger partial charge in [-0.3, -0.25) is 0 Å². The van der Waals surface area contributed by atoms with E-state index >= 15 is 0 Å². The number of carboxylic acid groups (broad SMARTS) is 2. The van der Waals surface area contributed by atoms with Gasteiger partial charge in [-0.1, -0.05) is 0 Å². The van der Waals surface area contributed by atoms with Crippen LogP contribution in [0.4, 0.5) is 29.0 Å². The van der Waals surface area contributed by atoms with Crippen molar-refractivity contribution >= 4 is 40.9 Å². The van der Waals surface area contributed by atoms with Crippen molar-refractivity contribution in [3.63, 3.8) is 0 Å². The Bertz CT molecular complexity index is 1220. The maximum absolute atomic E-state index is 11.3. The van der Waals surface area contributed by atoms with Crippen molar-refractivity contribution in [2.24, 2.45) is 10.2 Å². The third kappa shape index (κ3) is 6.20. The zero-order valence-corrected chi connectivity index (χ0v) is 18.2. The Kier molecular flexibility index (Phi) is 7.61. The monoisotopic (exact) mass is 467 g/mol. The molecule has 1 heterocycles. The third-order valence-electron chi connectivity index (χ3n) is 4.26. The van der Waals surface area contributed by atoms with E-state index in [-0.39, 0.29) is 29.4 Å². The molecular formula is C21H21N7O6. The third-order valence-corrected chi connectivity index (χ3v) is 4.26. The smallest absolute Gasteiger partial charge is 0.335 e. The molecule has 0 saturated carbocycles. The van der Waals surface area contributed by atoms with Crippen LogP contribution in [-0.2, 0) is 0 Å². The molecule has 13 heteroatoms. The Morgan fingerprint density at radius 1 is 0.971 bits per heavy atom. The predicted octanol–water partition coefficient (Wildman–Crippen LogP) is 3.15. The summed E-state index contributed by atoms with van der Waals surface area (Å²) in [5, 5.41) is 41.3. The van der Waals surface area contributed by atoms with Gasteiger partial charge >= 0.3 is 11.9 Å². The van der Waals surface area contributed by atoms with Gasteiger partial charge in [0, 0.05) is 18.3 Å². The van der Waals surface area contributed by atoms with Crippen LogP contribution in [0, 0.1) is 6.92 Å². The largest absolute Gasteiger partial charge is 0.494 e. The number of hydrogen-bond donors (Lipinski definition) is 5. The summed E-state index contributed by atoms with van der Waals surface area (Å²) in [7, 11) is 1.44. The number of hydrogen-bond acceptors (Lipinski definition) is 11. The normalized spacial score (nSPS) is 10.8. The first-order chi connectivity index (χ1) is 16.3. The van der Waals surface area contributed by atoms with Gasteiger partial charge < -0.3 is 30.7 Å². The number of methoxy groups -OCH3 is 1. The Balaban J connectivity index is 1.85. The molecule has 0 aliphatic carbocycles. The van der Waals surface area contributed by atoms with Gasteiger partial charge in [0.05, 0.1) is 30.5 Å². The Hall–Kier alpha value is -4.65. The van der Waals surface area contributed by atoms with Crippen LogP contribution in [0.1, 0.15) is 26.5 Å². The molecule has 13 nitrogen and oxygen atoms in total. The molecular weight excluding hydrogens is 446 g/mol. The summed E-state index contributed by atoms with van der Waals surface area (Å²) in [5.41, 5.74) is 0.519. The molecule has 176 valence electrons. The van der Waals surface area contributed by atoms with E-state index in [4.69, 9.17) is 9.84 Å². The van der Waals surface area contributed by atoms with Gasteiger partial charge in [-0.25, -0.2) is 9.59 Å². The summed E-state index contributed by atoms with van der Waals surface area (Å²) in [6.07, 6.45) is 0. The van der Waals surface area contributed by atoms with Crippen LogP contribution in [0.2, 0.25) is 0 Å². The fourth-order valence-corrected chi connectivity index (χ4v) is 2.78. The van der Waals surface area contributed by atoms with Crippen molar-refractivity contribution in [2.45, 2.75) is 6.92 Å². The number of rotatable bonds is 10. The molecule has 34 heavy (non-hydrogen) atoms. The molecule has 0 bridgehead atoms. The summed E-state index contributed by atoms with van der Waals surface area (Å²) in [6.45, 7) is 1.93. The van der Waals surface area contributed by atoms with Gasteiger partial charge in [-0.05, 0) is 37.3 Å². The van der Waals surface area contributed by atoms with Crippen molar-refractivity contribution in [1.29, 1.82) is 0 Å². The van der Waals surface area contributed by atoms with Gasteiger partial charge in [0.15, 0.2) is 0 Å². The molecule has 0 amide bonds. The van der Waals surface area contributed by atoms with Crippen LogP contribution < -0.4 is 15.4 Å². The molecule has 0 saturated heterocycles. The van der Waals surface area contributed by atoms with E-state index in [0.29, 0.717) is 35.4 Å². The summed E-state index contributed by atoms with van der Waals surface area (Å²) >= 11 is 0. The second-order valence-corrected chi connectivity index (χ2v) is 6.77. The van der Waals surface area contributed by atoms with Gasteiger partial charge in [-0.2, -0.15) is 20.1 Å². The van der Waals surface area contributed by atoms with E-state index in [2.05, 4.69) is 35.8 Å². The van der Waals surface area contributed by atoms with Crippen molar-refractivity contribution in [3.05, 3.63) is 53.3 Å². The van der Waals surface area contributed by atoms with Crippen LogP contribution in [-0.4, -0.2) is 62.5 Å². The van der Waals surface area contributed by atoms with E-state index in [1.54, 1.807) is 25.1 Å². The molecule has 1 aromatic heterocycles. The topological polar surface area (TPSA) is 192 Å². The number of nitrogens with zero attached hydrogens (tertiary/aromatic N) is 5. The lowest BCUT2D eigenvalue weighted by atomic mass is 10.1. The number of azo groups is 1. The molecule has 0 unspecified atom stereocenters. The number of benzene rings is 2. The second kappa shape index (κ2) is 10.8. The molecule has 0 fully saturated rings. The highest BCUT2D eigenvalue weighted by Gasteiger charge is 2.12.